The maximum absolute atomic E-state index is 12.6. The molecular weight excluding hydrogens is 324 g/mol. The highest BCUT2D eigenvalue weighted by atomic mass is 32.2. The van der Waals surface area contributed by atoms with Crippen molar-refractivity contribution in [1.29, 1.82) is 0 Å². The fourth-order valence-electron chi connectivity index (χ4n) is 2.71. The summed E-state index contributed by atoms with van der Waals surface area (Å²) < 4.78 is 33.0. The Kier molecular flexibility index (Phi) is 5.82. The molecular formula is C13H24N4O5S. The van der Waals surface area contributed by atoms with Gasteiger partial charge in [0.2, 0.25) is 5.91 Å². The predicted octanol–water partition coefficient (Wildman–Crippen LogP) is -0.831. The van der Waals surface area contributed by atoms with Gasteiger partial charge < -0.3 is 14.5 Å². The SMILES string of the molecule is CCOC(=O)N1CCN(S(=O)(=O)N2CCN(C(C)=O)CC2)CC1. The van der Waals surface area contributed by atoms with Gasteiger partial charge in [-0.1, -0.05) is 0 Å². The normalized spacial score (nSPS) is 21.3. The lowest BCUT2D eigenvalue weighted by atomic mass is 10.3. The van der Waals surface area contributed by atoms with E-state index in [0.717, 1.165) is 0 Å². The van der Waals surface area contributed by atoms with Crippen molar-refractivity contribution in [2.24, 2.45) is 0 Å². The number of ether oxygens (including phenoxy) is 1. The van der Waals surface area contributed by atoms with Crippen LogP contribution < -0.4 is 0 Å². The molecule has 0 atom stereocenters. The first-order valence-corrected chi connectivity index (χ1v) is 9.18. The van der Waals surface area contributed by atoms with Crippen LogP contribution in [0, 0.1) is 0 Å². The third-order valence-corrected chi connectivity index (χ3v) is 6.14. The Labute approximate surface area is 136 Å². The van der Waals surface area contributed by atoms with Crippen LogP contribution in [0.15, 0.2) is 0 Å². The number of hydrogen-bond donors (Lipinski definition) is 0. The van der Waals surface area contributed by atoms with Gasteiger partial charge >= 0.3 is 6.09 Å². The zero-order valence-electron chi connectivity index (χ0n) is 13.6. The maximum atomic E-state index is 12.6. The zero-order valence-corrected chi connectivity index (χ0v) is 14.4. The fourth-order valence-corrected chi connectivity index (χ4v) is 4.29. The van der Waals surface area contributed by atoms with Crippen molar-refractivity contribution < 1.29 is 22.7 Å². The highest BCUT2D eigenvalue weighted by Gasteiger charge is 2.35. The van der Waals surface area contributed by atoms with Gasteiger partial charge in [-0.15, -0.1) is 0 Å². The lowest BCUT2D eigenvalue weighted by Crippen LogP contribution is -2.57. The summed E-state index contributed by atoms with van der Waals surface area (Å²) in [5, 5.41) is 0. The van der Waals surface area contributed by atoms with Gasteiger partial charge in [0.15, 0.2) is 0 Å². The number of nitrogens with zero attached hydrogens (tertiary/aromatic N) is 4. The van der Waals surface area contributed by atoms with Crippen LogP contribution in [0.5, 0.6) is 0 Å². The maximum Gasteiger partial charge on any atom is 0.409 e. The van der Waals surface area contributed by atoms with E-state index in [1.54, 1.807) is 11.8 Å². The van der Waals surface area contributed by atoms with E-state index in [4.69, 9.17) is 4.74 Å². The molecule has 2 fully saturated rings. The van der Waals surface area contributed by atoms with Crippen molar-refractivity contribution in [2.45, 2.75) is 13.8 Å². The fraction of sp³-hybridized carbons (Fsp3) is 0.846. The Morgan fingerprint density at radius 2 is 1.30 bits per heavy atom. The van der Waals surface area contributed by atoms with Crippen LogP contribution in [0.4, 0.5) is 4.79 Å². The highest BCUT2D eigenvalue weighted by Crippen LogP contribution is 2.15. The van der Waals surface area contributed by atoms with Crippen LogP contribution in [0.2, 0.25) is 0 Å². The van der Waals surface area contributed by atoms with Gasteiger partial charge in [-0.2, -0.15) is 17.0 Å². The van der Waals surface area contributed by atoms with Crippen molar-refractivity contribution >= 4 is 22.2 Å². The number of hydrogen-bond acceptors (Lipinski definition) is 5. The molecule has 23 heavy (non-hydrogen) atoms. The first-order valence-electron chi connectivity index (χ1n) is 7.78. The van der Waals surface area contributed by atoms with Crippen LogP contribution in [0.25, 0.3) is 0 Å². The van der Waals surface area contributed by atoms with E-state index < -0.39 is 16.3 Å². The van der Waals surface area contributed by atoms with E-state index in [9.17, 15) is 18.0 Å². The summed E-state index contributed by atoms with van der Waals surface area (Å²) in [6, 6.07) is 0. The second-order valence-corrected chi connectivity index (χ2v) is 7.43. The van der Waals surface area contributed by atoms with E-state index in [1.165, 1.54) is 20.4 Å². The molecule has 132 valence electrons. The highest BCUT2D eigenvalue weighted by molar-refractivity contribution is 7.86. The van der Waals surface area contributed by atoms with Crippen molar-refractivity contribution in [1.82, 2.24) is 18.4 Å². The molecule has 0 radical (unpaired) electrons. The number of piperazine rings is 2. The molecule has 2 saturated heterocycles. The van der Waals surface area contributed by atoms with E-state index >= 15 is 0 Å². The number of amides is 2. The molecule has 2 rings (SSSR count). The first-order chi connectivity index (χ1) is 10.9. The minimum Gasteiger partial charge on any atom is -0.450 e. The average Bonchev–Trinajstić information content (AvgIpc) is 2.55. The summed E-state index contributed by atoms with van der Waals surface area (Å²) in [6.07, 6.45) is -0.403. The van der Waals surface area contributed by atoms with Gasteiger partial charge in [0, 0.05) is 59.3 Å². The molecule has 0 spiro atoms. The van der Waals surface area contributed by atoms with Gasteiger partial charge in [0.1, 0.15) is 0 Å². The van der Waals surface area contributed by atoms with Gasteiger partial charge in [-0.3, -0.25) is 4.79 Å². The molecule has 2 amide bonds. The van der Waals surface area contributed by atoms with Gasteiger partial charge in [0.05, 0.1) is 6.61 Å². The Balaban J connectivity index is 1.90. The molecule has 0 aliphatic carbocycles. The summed E-state index contributed by atoms with van der Waals surface area (Å²) in [5.74, 6) is -0.0369. The summed E-state index contributed by atoms with van der Waals surface area (Å²) in [5.41, 5.74) is 0. The first kappa shape index (κ1) is 18.0. The molecule has 0 aromatic heterocycles. The lowest BCUT2D eigenvalue weighted by molar-refractivity contribution is -0.130. The largest absolute Gasteiger partial charge is 0.450 e. The number of carbonyl (C=O) groups is 2. The number of carbonyl (C=O) groups excluding carboxylic acids is 2. The summed E-state index contributed by atoms with van der Waals surface area (Å²) in [7, 11) is -3.55. The molecule has 0 unspecified atom stereocenters. The lowest BCUT2D eigenvalue weighted by Gasteiger charge is -2.39. The Hall–Kier alpha value is -1.39. The van der Waals surface area contributed by atoms with E-state index in [0.29, 0.717) is 45.9 Å². The van der Waals surface area contributed by atoms with Crippen molar-refractivity contribution in [3.05, 3.63) is 0 Å². The monoisotopic (exact) mass is 348 g/mol. The van der Waals surface area contributed by atoms with Gasteiger partial charge in [-0.25, -0.2) is 4.79 Å². The van der Waals surface area contributed by atoms with Crippen LogP contribution >= 0.6 is 0 Å². The van der Waals surface area contributed by atoms with Crippen LogP contribution in [-0.2, 0) is 19.7 Å². The zero-order chi connectivity index (χ0) is 17.0. The molecule has 9 nitrogen and oxygen atoms in total. The second-order valence-electron chi connectivity index (χ2n) is 5.50. The van der Waals surface area contributed by atoms with E-state index in [-0.39, 0.29) is 19.0 Å². The van der Waals surface area contributed by atoms with Crippen LogP contribution in [-0.4, -0.2) is 97.8 Å². The Morgan fingerprint density at radius 3 is 1.70 bits per heavy atom. The summed E-state index contributed by atoms with van der Waals surface area (Å²) in [4.78, 5) is 26.1. The molecule has 0 N–H and O–H groups in total. The van der Waals surface area contributed by atoms with Crippen LogP contribution in [0.1, 0.15) is 13.8 Å². The van der Waals surface area contributed by atoms with Gasteiger partial charge in [-0.05, 0) is 6.92 Å². The quantitative estimate of drug-likeness (QED) is 0.664. The molecule has 0 bridgehead atoms. The van der Waals surface area contributed by atoms with E-state index in [2.05, 4.69) is 0 Å². The topological polar surface area (TPSA) is 90.5 Å². The summed E-state index contributed by atoms with van der Waals surface area (Å²) in [6.45, 7) is 6.13. The van der Waals surface area contributed by atoms with Crippen LogP contribution in [0.3, 0.4) is 0 Å². The van der Waals surface area contributed by atoms with Crippen molar-refractivity contribution in [3.63, 3.8) is 0 Å². The Bertz CT molecular complexity index is 537. The molecule has 2 heterocycles. The molecule has 2 aliphatic heterocycles. The predicted molar refractivity (Wildman–Crippen MR) is 82.9 cm³/mol. The Morgan fingerprint density at radius 1 is 0.870 bits per heavy atom. The molecule has 0 saturated carbocycles. The molecule has 0 aromatic rings. The minimum absolute atomic E-state index is 0.0369. The van der Waals surface area contributed by atoms with Gasteiger partial charge in [0.25, 0.3) is 10.2 Å². The van der Waals surface area contributed by atoms with E-state index in [1.807, 2.05) is 0 Å². The average molecular weight is 348 g/mol. The molecule has 10 heteroatoms. The molecule has 2 aliphatic rings. The smallest absolute Gasteiger partial charge is 0.409 e. The minimum atomic E-state index is -3.55. The summed E-state index contributed by atoms with van der Waals surface area (Å²) >= 11 is 0. The standard InChI is InChI=1S/C13H24N4O5S/c1-3-22-13(19)15-6-10-17(11-7-15)23(20,21)16-8-4-14(5-9-16)12(2)18/h3-11H2,1-2H3. The van der Waals surface area contributed by atoms with Crippen molar-refractivity contribution in [2.75, 3.05) is 59.0 Å². The third kappa shape index (κ3) is 4.12. The third-order valence-electron chi connectivity index (χ3n) is 4.10. The number of rotatable bonds is 3. The van der Waals surface area contributed by atoms with Crippen molar-refractivity contribution in [3.8, 4) is 0 Å². The second kappa shape index (κ2) is 7.45. The molecule has 0 aromatic carbocycles.